The summed E-state index contributed by atoms with van der Waals surface area (Å²) in [6.45, 7) is 1.67. The molecule has 1 unspecified atom stereocenters. The Morgan fingerprint density at radius 2 is 2.00 bits per heavy atom. The van der Waals surface area contributed by atoms with E-state index in [0.29, 0.717) is 5.71 Å². The van der Waals surface area contributed by atoms with Crippen molar-refractivity contribution in [2.45, 2.75) is 12.8 Å². The summed E-state index contributed by atoms with van der Waals surface area (Å²) in [7, 11) is 0. The summed E-state index contributed by atoms with van der Waals surface area (Å²) in [5, 5.41) is 20.5. The van der Waals surface area contributed by atoms with Gasteiger partial charge in [-0.1, -0.05) is 42.4 Å². The zero-order chi connectivity index (χ0) is 9.68. The molecule has 0 fully saturated rings. The van der Waals surface area contributed by atoms with Gasteiger partial charge in [-0.3, -0.25) is 0 Å². The van der Waals surface area contributed by atoms with Gasteiger partial charge in [0, 0.05) is 5.92 Å². The number of oxime groups is 1. The number of benzene rings is 1. The van der Waals surface area contributed by atoms with Crippen LogP contribution in [-0.2, 0) is 0 Å². The van der Waals surface area contributed by atoms with Crippen molar-refractivity contribution >= 4 is 5.71 Å². The Hall–Kier alpha value is -1.35. The van der Waals surface area contributed by atoms with E-state index in [9.17, 15) is 0 Å². The van der Waals surface area contributed by atoms with E-state index in [4.69, 9.17) is 10.3 Å². The highest BCUT2D eigenvalue weighted by Gasteiger charge is 2.11. The van der Waals surface area contributed by atoms with Crippen molar-refractivity contribution in [2.24, 2.45) is 5.16 Å². The molecule has 1 aromatic rings. The number of aliphatic hydroxyl groups excluding tert-OH is 1. The smallest absolute Gasteiger partial charge is 0.0896 e. The fraction of sp³-hybridized carbons (Fsp3) is 0.300. The Bertz CT molecular complexity index is 282. The third-order valence-electron chi connectivity index (χ3n) is 2.09. The fourth-order valence-electron chi connectivity index (χ4n) is 1.19. The molecule has 1 rings (SSSR count). The average molecular weight is 179 g/mol. The van der Waals surface area contributed by atoms with E-state index in [0.717, 1.165) is 5.56 Å². The molecule has 0 aromatic heterocycles. The molecule has 0 aliphatic carbocycles. The van der Waals surface area contributed by atoms with Crippen molar-refractivity contribution in [1.29, 1.82) is 0 Å². The molecular weight excluding hydrogens is 166 g/mol. The van der Waals surface area contributed by atoms with Crippen molar-refractivity contribution < 1.29 is 10.3 Å². The van der Waals surface area contributed by atoms with E-state index in [2.05, 4.69) is 5.16 Å². The highest BCUT2D eigenvalue weighted by molar-refractivity contribution is 5.91. The molecule has 0 heterocycles. The first-order valence-electron chi connectivity index (χ1n) is 4.16. The number of aliphatic hydroxyl groups is 1. The van der Waals surface area contributed by atoms with Crippen LogP contribution in [-0.4, -0.2) is 22.6 Å². The Morgan fingerprint density at radius 3 is 2.46 bits per heavy atom. The third kappa shape index (κ3) is 2.29. The highest BCUT2D eigenvalue weighted by Crippen LogP contribution is 2.15. The molecule has 3 heteroatoms. The molecule has 0 saturated carbocycles. The first-order valence-corrected chi connectivity index (χ1v) is 4.16. The second-order valence-corrected chi connectivity index (χ2v) is 2.88. The Labute approximate surface area is 77.3 Å². The van der Waals surface area contributed by atoms with Crippen LogP contribution in [0.3, 0.4) is 0 Å². The van der Waals surface area contributed by atoms with Crippen LogP contribution in [0.25, 0.3) is 0 Å². The van der Waals surface area contributed by atoms with Gasteiger partial charge in [0.2, 0.25) is 0 Å². The van der Waals surface area contributed by atoms with Gasteiger partial charge in [0.1, 0.15) is 0 Å². The number of hydrogen-bond donors (Lipinski definition) is 2. The molecule has 13 heavy (non-hydrogen) atoms. The lowest BCUT2D eigenvalue weighted by atomic mass is 9.97. The Kier molecular flexibility index (Phi) is 3.46. The standard InChI is InChI=1S/C10H13NO2/c1-8(10(7-12)11-13)9-5-3-2-4-6-9/h2-6,8,12-13H,7H2,1H3/b11-10+. The number of hydrogen-bond acceptors (Lipinski definition) is 3. The molecule has 1 aromatic carbocycles. The molecule has 0 amide bonds. The maximum absolute atomic E-state index is 8.87. The van der Waals surface area contributed by atoms with E-state index < -0.39 is 0 Å². The fourth-order valence-corrected chi connectivity index (χ4v) is 1.19. The molecule has 0 bridgehead atoms. The van der Waals surface area contributed by atoms with Gasteiger partial charge in [-0.2, -0.15) is 0 Å². The minimum absolute atomic E-state index is 0.0452. The largest absolute Gasteiger partial charge is 0.411 e. The van der Waals surface area contributed by atoms with Crippen LogP contribution in [0.4, 0.5) is 0 Å². The van der Waals surface area contributed by atoms with Crippen molar-refractivity contribution in [1.82, 2.24) is 0 Å². The molecule has 1 atom stereocenters. The van der Waals surface area contributed by atoms with Crippen LogP contribution in [0.15, 0.2) is 35.5 Å². The number of nitrogens with zero attached hydrogens (tertiary/aromatic N) is 1. The van der Waals surface area contributed by atoms with E-state index in [-0.39, 0.29) is 12.5 Å². The third-order valence-corrected chi connectivity index (χ3v) is 2.09. The maximum atomic E-state index is 8.87. The van der Waals surface area contributed by atoms with Gasteiger partial charge in [0.05, 0.1) is 12.3 Å². The molecule has 3 nitrogen and oxygen atoms in total. The van der Waals surface area contributed by atoms with Crippen molar-refractivity contribution in [2.75, 3.05) is 6.61 Å². The average Bonchev–Trinajstić information content (AvgIpc) is 2.21. The maximum Gasteiger partial charge on any atom is 0.0896 e. The summed E-state index contributed by atoms with van der Waals surface area (Å²) < 4.78 is 0. The minimum atomic E-state index is -0.216. The minimum Gasteiger partial charge on any atom is -0.411 e. The van der Waals surface area contributed by atoms with Crippen LogP contribution < -0.4 is 0 Å². The molecular formula is C10H13NO2. The molecule has 0 spiro atoms. The van der Waals surface area contributed by atoms with Gasteiger partial charge in [-0.05, 0) is 5.56 Å². The molecule has 0 saturated heterocycles. The van der Waals surface area contributed by atoms with Crippen LogP contribution in [0, 0.1) is 0 Å². The second kappa shape index (κ2) is 4.62. The summed E-state index contributed by atoms with van der Waals surface area (Å²) in [6.07, 6.45) is 0. The van der Waals surface area contributed by atoms with Crippen molar-refractivity contribution in [3.05, 3.63) is 35.9 Å². The van der Waals surface area contributed by atoms with Gasteiger partial charge >= 0.3 is 0 Å². The van der Waals surface area contributed by atoms with E-state index in [1.54, 1.807) is 0 Å². The van der Waals surface area contributed by atoms with Crippen LogP contribution in [0.5, 0.6) is 0 Å². The summed E-state index contributed by atoms with van der Waals surface area (Å²) in [5.41, 5.74) is 1.41. The lowest BCUT2D eigenvalue weighted by Gasteiger charge is -2.10. The summed E-state index contributed by atoms with van der Waals surface area (Å²) in [4.78, 5) is 0. The Morgan fingerprint density at radius 1 is 1.38 bits per heavy atom. The number of rotatable bonds is 3. The first kappa shape index (κ1) is 9.74. The molecule has 70 valence electrons. The van der Waals surface area contributed by atoms with Crippen LogP contribution in [0.2, 0.25) is 0 Å². The molecule has 0 radical (unpaired) electrons. The molecule has 0 aliphatic heterocycles. The predicted octanol–water partition coefficient (Wildman–Crippen LogP) is 1.61. The topological polar surface area (TPSA) is 52.8 Å². The van der Waals surface area contributed by atoms with Gasteiger partial charge < -0.3 is 10.3 Å². The monoisotopic (exact) mass is 179 g/mol. The van der Waals surface area contributed by atoms with Crippen LogP contribution in [0.1, 0.15) is 18.4 Å². The zero-order valence-electron chi connectivity index (χ0n) is 7.51. The molecule has 0 aliphatic rings. The summed E-state index contributed by atoms with van der Waals surface area (Å²) in [6, 6.07) is 9.62. The van der Waals surface area contributed by atoms with Gasteiger partial charge in [-0.25, -0.2) is 0 Å². The summed E-state index contributed by atoms with van der Waals surface area (Å²) >= 11 is 0. The van der Waals surface area contributed by atoms with E-state index in [1.807, 2.05) is 37.3 Å². The van der Waals surface area contributed by atoms with Crippen LogP contribution >= 0.6 is 0 Å². The van der Waals surface area contributed by atoms with Gasteiger partial charge in [0.15, 0.2) is 0 Å². The molecule has 2 N–H and O–H groups in total. The zero-order valence-corrected chi connectivity index (χ0v) is 7.51. The second-order valence-electron chi connectivity index (χ2n) is 2.88. The normalized spacial score (nSPS) is 14.2. The Balaban J connectivity index is 2.85. The van der Waals surface area contributed by atoms with Gasteiger partial charge in [-0.15, -0.1) is 0 Å². The first-order chi connectivity index (χ1) is 6.29. The van der Waals surface area contributed by atoms with Crippen molar-refractivity contribution in [3.63, 3.8) is 0 Å². The lowest BCUT2D eigenvalue weighted by molar-refractivity contribution is 0.299. The van der Waals surface area contributed by atoms with E-state index >= 15 is 0 Å². The quantitative estimate of drug-likeness (QED) is 0.421. The SMILES string of the molecule is CC(/C(CO)=N/O)c1ccccc1. The predicted molar refractivity (Wildman–Crippen MR) is 51.2 cm³/mol. The van der Waals surface area contributed by atoms with Gasteiger partial charge in [0.25, 0.3) is 0 Å². The van der Waals surface area contributed by atoms with Crippen molar-refractivity contribution in [3.8, 4) is 0 Å². The lowest BCUT2D eigenvalue weighted by Crippen LogP contribution is -2.13. The summed E-state index contributed by atoms with van der Waals surface area (Å²) in [5.74, 6) is -0.0452. The van der Waals surface area contributed by atoms with E-state index in [1.165, 1.54) is 0 Å². The highest BCUT2D eigenvalue weighted by atomic mass is 16.4.